The van der Waals surface area contributed by atoms with Gasteiger partial charge in [0.05, 0.1) is 11.5 Å². The first-order chi connectivity index (χ1) is 6.37. The third-order valence-electron chi connectivity index (χ3n) is 2.95. The first kappa shape index (κ1) is 12.0. The summed E-state index contributed by atoms with van der Waals surface area (Å²) in [5, 5.41) is 0. The molecule has 0 radical (unpaired) electrons. The molecule has 4 heteroatoms. The molecule has 3 nitrogen and oxygen atoms in total. The van der Waals surface area contributed by atoms with E-state index >= 15 is 0 Å². The predicted octanol–water partition coefficient (Wildman–Crippen LogP) is 1.33. The topological polar surface area (TPSA) is 60.2 Å². The van der Waals surface area contributed by atoms with Gasteiger partial charge in [0.1, 0.15) is 0 Å². The van der Waals surface area contributed by atoms with Crippen LogP contribution in [-0.2, 0) is 9.84 Å². The first-order valence-electron chi connectivity index (χ1n) is 5.36. The molecule has 2 atom stereocenters. The number of sulfone groups is 1. The van der Waals surface area contributed by atoms with Gasteiger partial charge in [-0.1, -0.05) is 26.7 Å². The van der Waals surface area contributed by atoms with Crippen molar-refractivity contribution in [1.82, 2.24) is 0 Å². The average Bonchev–Trinajstić information content (AvgIpc) is 2.25. The lowest BCUT2D eigenvalue weighted by molar-refractivity contribution is 0.345. The first-order valence-corrected chi connectivity index (χ1v) is 7.18. The third-order valence-corrected chi connectivity index (χ3v) is 4.80. The van der Waals surface area contributed by atoms with Crippen LogP contribution in [0.15, 0.2) is 0 Å². The molecular weight excluding hydrogens is 198 g/mol. The quantitative estimate of drug-likeness (QED) is 0.776. The van der Waals surface area contributed by atoms with Crippen molar-refractivity contribution in [3.8, 4) is 0 Å². The van der Waals surface area contributed by atoms with Crippen LogP contribution in [0.4, 0.5) is 0 Å². The van der Waals surface area contributed by atoms with Crippen molar-refractivity contribution in [2.45, 2.75) is 45.1 Å². The van der Waals surface area contributed by atoms with E-state index in [1.807, 2.05) is 0 Å². The van der Waals surface area contributed by atoms with Gasteiger partial charge < -0.3 is 5.73 Å². The Morgan fingerprint density at radius 2 is 2.14 bits per heavy atom. The fraction of sp³-hybridized carbons (Fsp3) is 1.00. The molecule has 0 spiro atoms. The number of hydrogen-bond acceptors (Lipinski definition) is 3. The Balaban J connectivity index is 2.52. The van der Waals surface area contributed by atoms with E-state index in [4.69, 9.17) is 5.73 Å². The predicted molar refractivity (Wildman–Crippen MR) is 58.9 cm³/mol. The lowest BCUT2D eigenvalue weighted by Gasteiger charge is -2.25. The minimum atomic E-state index is -2.84. The molecule has 1 saturated heterocycles. The van der Waals surface area contributed by atoms with E-state index in [0.717, 1.165) is 19.3 Å². The average molecular weight is 219 g/mol. The standard InChI is InChI=1S/C10H21NO2S/c1-3-4-9(2)7-10(11)5-6-14(12,13)8-10/h9H,3-8,11H2,1-2H3. The van der Waals surface area contributed by atoms with E-state index < -0.39 is 15.4 Å². The largest absolute Gasteiger partial charge is 0.324 e. The van der Waals surface area contributed by atoms with E-state index in [2.05, 4.69) is 13.8 Å². The molecule has 0 bridgehead atoms. The van der Waals surface area contributed by atoms with E-state index in [-0.39, 0.29) is 11.5 Å². The molecule has 0 aromatic heterocycles. The van der Waals surface area contributed by atoms with E-state index in [1.165, 1.54) is 0 Å². The maximum atomic E-state index is 11.3. The van der Waals surface area contributed by atoms with Gasteiger partial charge in [-0.3, -0.25) is 0 Å². The zero-order chi connectivity index (χ0) is 10.8. The van der Waals surface area contributed by atoms with Crippen LogP contribution in [0.25, 0.3) is 0 Å². The lowest BCUT2D eigenvalue weighted by Crippen LogP contribution is -2.42. The summed E-state index contributed by atoms with van der Waals surface area (Å²) < 4.78 is 22.6. The van der Waals surface area contributed by atoms with Crippen LogP contribution in [0.2, 0.25) is 0 Å². The van der Waals surface area contributed by atoms with Crippen LogP contribution in [0.5, 0.6) is 0 Å². The number of nitrogens with two attached hydrogens (primary N) is 1. The molecule has 0 aromatic rings. The maximum Gasteiger partial charge on any atom is 0.152 e. The molecule has 0 aliphatic carbocycles. The van der Waals surface area contributed by atoms with Gasteiger partial charge in [0, 0.05) is 5.54 Å². The van der Waals surface area contributed by atoms with Crippen molar-refractivity contribution in [2.24, 2.45) is 11.7 Å². The maximum absolute atomic E-state index is 11.3. The van der Waals surface area contributed by atoms with Gasteiger partial charge >= 0.3 is 0 Å². The van der Waals surface area contributed by atoms with Gasteiger partial charge in [-0.05, 0) is 18.8 Å². The van der Waals surface area contributed by atoms with Crippen molar-refractivity contribution >= 4 is 9.84 Å². The second kappa shape index (κ2) is 4.19. The number of rotatable bonds is 4. The highest BCUT2D eigenvalue weighted by Crippen LogP contribution is 2.28. The van der Waals surface area contributed by atoms with Gasteiger partial charge in [-0.2, -0.15) is 0 Å². The summed E-state index contributed by atoms with van der Waals surface area (Å²) in [4.78, 5) is 0. The summed E-state index contributed by atoms with van der Waals surface area (Å²) in [6.07, 6.45) is 3.77. The normalized spacial score (nSPS) is 33.1. The van der Waals surface area contributed by atoms with E-state index in [1.54, 1.807) is 0 Å². The van der Waals surface area contributed by atoms with Crippen LogP contribution in [0.3, 0.4) is 0 Å². The Labute approximate surface area is 87.0 Å². The Kier molecular flexibility index (Phi) is 3.58. The summed E-state index contributed by atoms with van der Waals surface area (Å²) >= 11 is 0. The van der Waals surface area contributed by atoms with Gasteiger partial charge in [-0.15, -0.1) is 0 Å². The fourth-order valence-electron chi connectivity index (χ4n) is 2.39. The highest BCUT2D eigenvalue weighted by molar-refractivity contribution is 7.91. The van der Waals surface area contributed by atoms with Crippen LogP contribution in [-0.4, -0.2) is 25.5 Å². The van der Waals surface area contributed by atoms with Crippen LogP contribution in [0, 0.1) is 5.92 Å². The van der Waals surface area contributed by atoms with Crippen molar-refractivity contribution < 1.29 is 8.42 Å². The highest BCUT2D eigenvalue weighted by atomic mass is 32.2. The van der Waals surface area contributed by atoms with Crippen LogP contribution < -0.4 is 5.73 Å². The Morgan fingerprint density at radius 1 is 1.50 bits per heavy atom. The van der Waals surface area contributed by atoms with E-state index in [9.17, 15) is 8.42 Å². The minimum absolute atomic E-state index is 0.189. The molecule has 0 amide bonds. The second-order valence-electron chi connectivity index (χ2n) is 4.80. The summed E-state index contributed by atoms with van der Waals surface area (Å²) in [7, 11) is -2.84. The van der Waals surface area contributed by atoms with Crippen LogP contribution >= 0.6 is 0 Å². The highest BCUT2D eigenvalue weighted by Gasteiger charge is 2.39. The fourth-order valence-corrected chi connectivity index (χ4v) is 4.39. The molecule has 1 heterocycles. The zero-order valence-electron chi connectivity index (χ0n) is 9.12. The molecule has 0 aromatic carbocycles. The molecule has 1 aliphatic rings. The monoisotopic (exact) mass is 219 g/mol. The Bertz CT molecular complexity index is 286. The Hall–Kier alpha value is -0.0900. The third kappa shape index (κ3) is 3.24. The SMILES string of the molecule is CCCC(C)CC1(N)CCS(=O)(=O)C1. The van der Waals surface area contributed by atoms with Crippen molar-refractivity contribution in [1.29, 1.82) is 0 Å². The van der Waals surface area contributed by atoms with Crippen molar-refractivity contribution in [3.05, 3.63) is 0 Å². The summed E-state index contributed by atoms with van der Waals surface area (Å²) in [6, 6.07) is 0. The molecule has 14 heavy (non-hydrogen) atoms. The summed E-state index contributed by atoms with van der Waals surface area (Å²) in [6.45, 7) is 4.30. The molecule has 1 fully saturated rings. The minimum Gasteiger partial charge on any atom is -0.324 e. The van der Waals surface area contributed by atoms with Gasteiger partial charge in [0.2, 0.25) is 0 Å². The molecule has 1 rings (SSSR count). The van der Waals surface area contributed by atoms with Gasteiger partial charge in [0.15, 0.2) is 9.84 Å². The molecule has 84 valence electrons. The number of hydrogen-bond donors (Lipinski definition) is 1. The summed E-state index contributed by atoms with van der Waals surface area (Å²) in [5.41, 5.74) is 5.65. The molecule has 2 unspecified atom stereocenters. The Morgan fingerprint density at radius 3 is 2.57 bits per heavy atom. The molecular formula is C10H21NO2S. The van der Waals surface area contributed by atoms with Crippen LogP contribution in [0.1, 0.15) is 39.5 Å². The summed E-state index contributed by atoms with van der Waals surface area (Å²) in [5.74, 6) is 1.01. The zero-order valence-corrected chi connectivity index (χ0v) is 9.94. The van der Waals surface area contributed by atoms with Crippen molar-refractivity contribution in [2.75, 3.05) is 11.5 Å². The second-order valence-corrected chi connectivity index (χ2v) is 6.99. The van der Waals surface area contributed by atoms with Gasteiger partial charge in [0.25, 0.3) is 0 Å². The van der Waals surface area contributed by atoms with Gasteiger partial charge in [-0.25, -0.2) is 8.42 Å². The molecule has 1 aliphatic heterocycles. The lowest BCUT2D eigenvalue weighted by atomic mass is 9.86. The molecule has 0 saturated carbocycles. The molecule has 2 N–H and O–H groups in total. The van der Waals surface area contributed by atoms with E-state index in [0.29, 0.717) is 12.3 Å². The van der Waals surface area contributed by atoms with Crippen molar-refractivity contribution in [3.63, 3.8) is 0 Å². The smallest absolute Gasteiger partial charge is 0.152 e.